The first-order valence-corrected chi connectivity index (χ1v) is 9.01. The Labute approximate surface area is 175 Å². The van der Waals surface area contributed by atoms with Crippen LogP contribution in [0.5, 0.6) is 17.2 Å². The highest BCUT2D eigenvalue weighted by Crippen LogP contribution is 2.39. The quantitative estimate of drug-likeness (QED) is 0.220. The highest BCUT2D eigenvalue weighted by atomic mass is 127. The summed E-state index contributed by atoms with van der Waals surface area (Å²) in [6, 6.07) is 3.91. The summed E-state index contributed by atoms with van der Waals surface area (Å²) < 4.78 is 16.3. The van der Waals surface area contributed by atoms with Crippen LogP contribution < -0.4 is 24.8 Å². The van der Waals surface area contributed by atoms with Crippen molar-refractivity contribution in [3.63, 3.8) is 0 Å². The predicted molar refractivity (Wildman–Crippen MR) is 119 cm³/mol. The lowest BCUT2D eigenvalue weighted by Gasteiger charge is -2.16. The van der Waals surface area contributed by atoms with Gasteiger partial charge in [0.2, 0.25) is 5.75 Å². The van der Waals surface area contributed by atoms with Gasteiger partial charge in [0.05, 0.1) is 21.3 Å². The summed E-state index contributed by atoms with van der Waals surface area (Å²) in [4.78, 5) is 4.60. The summed E-state index contributed by atoms with van der Waals surface area (Å²) in [5.74, 6) is 2.87. The van der Waals surface area contributed by atoms with E-state index in [0.717, 1.165) is 44.0 Å². The Bertz CT molecular complexity index is 539. The van der Waals surface area contributed by atoms with Crippen molar-refractivity contribution < 1.29 is 14.2 Å². The number of rotatable bonds is 11. The number of aliphatic imine (C=N–C) groups is 1. The maximum Gasteiger partial charge on any atom is 0.203 e. The zero-order chi connectivity index (χ0) is 18.5. The molecule has 0 fully saturated rings. The van der Waals surface area contributed by atoms with Gasteiger partial charge in [0.15, 0.2) is 17.5 Å². The van der Waals surface area contributed by atoms with Crippen LogP contribution in [0.2, 0.25) is 0 Å². The molecule has 26 heavy (non-hydrogen) atoms. The van der Waals surface area contributed by atoms with Crippen molar-refractivity contribution in [2.24, 2.45) is 4.99 Å². The van der Waals surface area contributed by atoms with Crippen molar-refractivity contribution in [3.05, 3.63) is 17.7 Å². The fourth-order valence-electron chi connectivity index (χ4n) is 2.57. The van der Waals surface area contributed by atoms with Gasteiger partial charge in [0.25, 0.3) is 0 Å². The number of guanidine groups is 1. The molecule has 0 bridgehead atoms. The zero-order valence-electron chi connectivity index (χ0n) is 16.7. The summed E-state index contributed by atoms with van der Waals surface area (Å²) in [5.41, 5.74) is 1.06. The predicted octanol–water partition coefficient (Wildman–Crippen LogP) is 3.62. The third-order valence-corrected chi connectivity index (χ3v) is 3.85. The number of unbranched alkanes of at least 4 members (excludes halogenated alkanes) is 2. The molecule has 0 amide bonds. The largest absolute Gasteiger partial charge is 0.493 e. The standard InChI is InChI=1S/C19H33N3O3.HI/c1-6-8-9-13-21-19(20-7-2)22-14-12-15-10-11-16(23-3)18(25-5)17(15)24-4;/h10-11H,6-9,12-14H2,1-5H3,(H2,20,21,22);1H. The van der Waals surface area contributed by atoms with Crippen LogP contribution in [-0.4, -0.2) is 46.9 Å². The Balaban J connectivity index is 0.00000625. The van der Waals surface area contributed by atoms with E-state index in [2.05, 4.69) is 29.5 Å². The topological polar surface area (TPSA) is 64.1 Å². The summed E-state index contributed by atoms with van der Waals surface area (Å²) in [6.07, 6.45) is 4.34. The third kappa shape index (κ3) is 7.88. The molecule has 0 aliphatic heterocycles. The molecule has 1 rings (SSSR count). The molecular formula is C19H34IN3O3. The fraction of sp³-hybridized carbons (Fsp3) is 0.632. The highest BCUT2D eigenvalue weighted by molar-refractivity contribution is 14.0. The maximum absolute atomic E-state index is 5.53. The summed E-state index contributed by atoms with van der Waals surface area (Å²) in [6.45, 7) is 6.72. The second-order valence-electron chi connectivity index (χ2n) is 5.64. The number of nitrogens with zero attached hydrogens (tertiary/aromatic N) is 1. The average Bonchev–Trinajstić information content (AvgIpc) is 2.64. The molecule has 150 valence electrons. The minimum Gasteiger partial charge on any atom is -0.493 e. The monoisotopic (exact) mass is 479 g/mol. The van der Waals surface area contributed by atoms with Crippen LogP contribution in [0.4, 0.5) is 0 Å². The van der Waals surface area contributed by atoms with Crippen LogP contribution >= 0.6 is 24.0 Å². The molecule has 1 aromatic carbocycles. The molecule has 0 radical (unpaired) electrons. The number of nitrogens with one attached hydrogen (secondary N) is 2. The molecule has 2 N–H and O–H groups in total. The lowest BCUT2D eigenvalue weighted by Crippen LogP contribution is -2.38. The fourth-order valence-corrected chi connectivity index (χ4v) is 2.57. The van der Waals surface area contributed by atoms with E-state index >= 15 is 0 Å². The normalized spacial score (nSPS) is 10.7. The minimum absolute atomic E-state index is 0. The van der Waals surface area contributed by atoms with Crippen LogP contribution in [0.25, 0.3) is 0 Å². The SMILES string of the molecule is CCCCCN=C(NCC)NCCc1ccc(OC)c(OC)c1OC.I. The number of benzene rings is 1. The van der Waals surface area contributed by atoms with E-state index in [9.17, 15) is 0 Å². The van der Waals surface area contributed by atoms with Crippen molar-refractivity contribution in [2.75, 3.05) is 41.0 Å². The Morgan fingerprint density at radius 3 is 2.27 bits per heavy atom. The number of ether oxygens (including phenoxy) is 3. The van der Waals surface area contributed by atoms with Gasteiger partial charge in [-0.25, -0.2) is 0 Å². The van der Waals surface area contributed by atoms with E-state index in [1.807, 2.05) is 12.1 Å². The van der Waals surface area contributed by atoms with Gasteiger partial charge in [-0.05, 0) is 25.8 Å². The van der Waals surface area contributed by atoms with E-state index in [1.54, 1.807) is 21.3 Å². The van der Waals surface area contributed by atoms with Gasteiger partial charge in [-0.2, -0.15) is 0 Å². The van der Waals surface area contributed by atoms with E-state index in [0.29, 0.717) is 17.2 Å². The summed E-state index contributed by atoms with van der Waals surface area (Å²) in [7, 11) is 4.89. The van der Waals surface area contributed by atoms with Crippen molar-refractivity contribution in [1.82, 2.24) is 10.6 Å². The van der Waals surface area contributed by atoms with Gasteiger partial charge in [-0.15, -0.1) is 24.0 Å². The molecule has 0 spiro atoms. The van der Waals surface area contributed by atoms with Crippen LogP contribution in [0.3, 0.4) is 0 Å². The van der Waals surface area contributed by atoms with E-state index in [1.165, 1.54) is 12.8 Å². The molecular weight excluding hydrogens is 445 g/mol. The molecule has 0 aromatic heterocycles. The van der Waals surface area contributed by atoms with Gasteiger partial charge in [0.1, 0.15) is 0 Å². The molecule has 0 aliphatic rings. The lowest BCUT2D eigenvalue weighted by molar-refractivity contribution is 0.322. The number of hydrogen-bond donors (Lipinski definition) is 2. The second kappa shape index (κ2) is 14.8. The smallest absolute Gasteiger partial charge is 0.203 e. The molecule has 7 heteroatoms. The molecule has 0 saturated carbocycles. The molecule has 0 atom stereocenters. The second-order valence-corrected chi connectivity index (χ2v) is 5.64. The summed E-state index contributed by atoms with van der Waals surface area (Å²) in [5, 5.41) is 6.65. The van der Waals surface area contributed by atoms with Crippen molar-refractivity contribution in [1.29, 1.82) is 0 Å². The van der Waals surface area contributed by atoms with Crippen LogP contribution in [0.1, 0.15) is 38.7 Å². The first-order chi connectivity index (χ1) is 12.2. The van der Waals surface area contributed by atoms with Gasteiger partial charge >= 0.3 is 0 Å². The molecule has 6 nitrogen and oxygen atoms in total. The first-order valence-electron chi connectivity index (χ1n) is 9.01. The first kappa shape index (κ1) is 24.6. The Hall–Kier alpha value is -1.38. The van der Waals surface area contributed by atoms with E-state index in [-0.39, 0.29) is 24.0 Å². The Kier molecular flexibility index (Phi) is 14.0. The van der Waals surface area contributed by atoms with Crippen LogP contribution in [-0.2, 0) is 6.42 Å². The highest BCUT2D eigenvalue weighted by Gasteiger charge is 2.15. The molecule has 0 aliphatic carbocycles. The molecule has 1 aromatic rings. The van der Waals surface area contributed by atoms with Crippen molar-refractivity contribution in [3.8, 4) is 17.2 Å². The summed E-state index contributed by atoms with van der Waals surface area (Å²) >= 11 is 0. The van der Waals surface area contributed by atoms with Gasteiger partial charge in [-0.1, -0.05) is 25.8 Å². The minimum atomic E-state index is 0. The van der Waals surface area contributed by atoms with Crippen molar-refractivity contribution in [2.45, 2.75) is 39.5 Å². The average molecular weight is 479 g/mol. The van der Waals surface area contributed by atoms with Crippen molar-refractivity contribution >= 4 is 29.9 Å². The lowest BCUT2D eigenvalue weighted by atomic mass is 10.1. The van der Waals surface area contributed by atoms with E-state index < -0.39 is 0 Å². The van der Waals surface area contributed by atoms with Gasteiger partial charge in [-0.3, -0.25) is 4.99 Å². The van der Waals surface area contributed by atoms with Crippen LogP contribution in [0, 0.1) is 0 Å². The number of methoxy groups -OCH3 is 3. The van der Waals surface area contributed by atoms with Crippen LogP contribution in [0.15, 0.2) is 17.1 Å². The number of halogens is 1. The Morgan fingerprint density at radius 1 is 0.962 bits per heavy atom. The molecule has 0 unspecified atom stereocenters. The van der Waals surface area contributed by atoms with Gasteiger partial charge < -0.3 is 24.8 Å². The third-order valence-electron chi connectivity index (χ3n) is 3.85. The molecule has 0 heterocycles. The zero-order valence-corrected chi connectivity index (χ0v) is 19.0. The Morgan fingerprint density at radius 2 is 1.69 bits per heavy atom. The van der Waals surface area contributed by atoms with E-state index in [4.69, 9.17) is 14.2 Å². The molecule has 0 saturated heterocycles. The van der Waals surface area contributed by atoms with Gasteiger partial charge in [0, 0.05) is 25.2 Å². The maximum atomic E-state index is 5.53. The number of hydrogen-bond acceptors (Lipinski definition) is 4.